The second-order valence-corrected chi connectivity index (χ2v) is 2.74. The van der Waals surface area contributed by atoms with E-state index < -0.39 is 18.6 Å². The highest BCUT2D eigenvalue weighted by Gasteiger charge is 2.04. The first-order valence-electron chi connectivity index (χ1n) is 5.36. The molecule has 18 heavy (non-hydrogen) atoms. The first kappa shape index (κ1) is 19.0. The predicted molar refractivity (Wildman–Crippen MR) is 66.4 cm³/mol. The van der Waals surface area contributed by atoms with Gasteiger partial charge in [0.2, 0.25) is 12.6 Å². The van der Waals surface area contributed by atoms with Crippen LogP contribution in [-0.4, -0.2) is 46.0 Å². The fourth-order valence-electron chi connectivity index (χ4n) is 0.784. The van der Waals surface area contributed by atoms with Crippen LogP contribution in [0.1, 0.15) is 13.8 Å². The number of carbonyl (C=O) groups is 1. The van der Waals surface area contributed by atoms with Crippen molar-refractivity contribution in [2.24, 2.45) is 11.5 Å². The van der Waals surface area contributed by atoms with E-state index in [0.717, 1.165) is 0 Å². The summed E-state index contributed by atoms with van der Waals surface area (Å²) in [7, 11) is 3.05. The molecule has 0 fully saturated rings. The summed E-state index contributed by atoms with van der Waals surface area (Å²) < 4.78 is 20.2. The Labute approximate surface area is 108 Å². The van der Waals surface area contributed by atoms with Crippen molar-refractivity contribution in [1.82, 2.24) is 0 Å². The van der Waals surface area contributed by atoms with Gasteiger partial charge in [-0.15, -0.1) is 0 Å². The van der Waals surface area contributed by atoms with Crippen LogP contribution in [0, 0.1) is 11.8 Å². The molecule has 0 aliphatic carbocycles. The van der Waals surface area contributed by atoms with Crippen molar-refractivity contribution in [3.05, 3.63) is 0 Å². The van der Waals surface area contributed by atoms with Crippen molar-refractivity contribution >= 4 is 6.03 Å². The summed E-state index contributed by atoms with van der Waals surface area (Å²) in [5.41, 5.74) is 8.50. The molecule has 0 saturated carbocycles. The summed E-state index contributed by atoms with van der Waals surface area (Å²) in [4.78, 5) is 9.00. The molecule has 0 saturated heterocycles. The molecule has 106 valence electrons. The smallest absolute Gasteiger partial charge is 0.309 e. The van der Waals surface area contributed by atoms with Gasteiger partial charge in [0, 0.05) is 27.4 Å². The lowest BCUT2D eigenvalue weighted by Crippen LogP contribution is -2.18. The second-order valence-electron chi connectivity index (χ2n) is 2.74. The number of ether oxygens (including phenoxy) is 4. The van der Waals surface area contributed by atoms with Gasteiger partial charge in [-0.25, -0.2) is 4.79 Å². The SMILES string of the molecule is CCOC(C#CC(OC)OC)OCC.NC(N)=O. The van der Waals surface area contributed by atoms with E-state index in [1.165, 1.54) is 14.2 Å². The number of hydrogen-bond donors (Lipinski definition) is 2. The molecule has 4 N–H and O–H groups in total. The second kappa shape index (κ2) is 13.7. The summed E-state index contributed by atoms with van der Waals surface area (Å²) in [6, 6.07) is -0.833. The number of urea groups is 1. The predicted octanol–water partition coefficient (Wildman–Crippen LogP) is 0.0316. The standard InChI is InChI=1S/C10H18O4.CH4N2O/c1-5-13-10(14-6-2)8-7-9(11-3)12-4;2-1(3)4/h9-10H,5-6H2,1-4H3;(H4,2,3,4). The Hall–Kier alpha value is -1.33. The van der Waals surface area contributed by atoms with Crippen LogP contribution in [0.5, 0.6) is 0 Å². The van der Waals surface area contributed by atoms with E-state index in [4.69, 9.17) is 23.7 Å². The van der Waals surface area contributed by atoms with E-state index in [1.807, 2.05) is 13.8 Å². The first-order valence-corrected chi connectivity index (χ1v) is 5.36. The third-order valence-corrected chi connectivity index (χ3v) is 1.38. The molecule has 0 aliphatic rings. The largest absolute Gasteiger partial charge is 0.352 e. The maximum atomic E-state index is 9.00. The van der Waals surface area contributed by atoms with Crippen LogP contribution in [0.15, 0.2) is 0 Å². The Kier molecular flexibility index (Phi) is 14.5. The van der Waals surface area contributed by atoms with E-state index in [2.05, 4.69) is 23.3 Å². The molecule has 0 radical (unpaired) electrons. The number of rotatable bonds is 6. The molecule has 7 nitrogen and oxygen atoms in total. The van der Waals surface area contributed by atoms with Crippen LogP contribution in [0.25, 0.3) is 0 Å². The first-order chi connectivity index (χ1) is 8.51. The minimum absolute atomic E-state index is 0.502. The van der Waals surface area contributed by atoms with Gasteiger partial charge in [0.05, 0.1) is 0 Å². The van der Waals surface area contributed by atoms with Gasteiger partial charge in [0.25, 0.3) is 0 Å². The van der Waals surface area contributed by atoms with Crippen molar-refractivity contribution in [2.75, 3.05) is 27.4 Å². The highest BCUT2D eigenvalue weighted by atomic mass is 16.7. The average molecular weight is 262 g/mol. The van der Waals surface area contributed by atoms with Crippen LogP contribution < -0.4 is 11.5 Å². The molecule has 7 heteroatoms. The molecule has 2 amide bonds. The van der Waals surface area contributed by atoms with Gasteiger partial charge in [-0.1, -0.05) is 0 Å². The lowest BCUT2D eigenvalue weighted by Gasteiger charge is -2.10. The van der Waals surface area contributed by atoms with Gasteiger partial charge in [0.1, 0.15) is 0 Å². The van der Waals surface area contributed by atoms with Gasteiger partial charge in [-0.2, -0.15) is 0 Å². The average Bonchev–Trinajstić information content (AvgIpc) is 2.30. The molecule has 0 aromatic carbocycles. The fourth-order valence-corrected chi connectivity index (χ4v) is 0.784. The van der Waals surface area contributed by atoms with Crippen molar-refractivity contribution in [3.8, 4) is 11.8 Å². The molecular formula is C11H22N2O5. The van der Waals surface area contributed by atoms with Crippen molar-refractivity contribution in [2.45, 2.75) is 26.4 Å². The zero-order valence-corrected chi connectivity index (χ0v) is 11.3. The molecule has 0 rings (SSSR count). The van der Waals surface area contributed by atoms with Crippen LogP contribution in [0.3, 0.4) is 0 Å². The molecule has 0 aromatic rings. The Morgan fingerprint density at radius 2 is 1.33 bits per heavy atom. The maximum absolute atomic E-state index is 9.00. The van der Waals surface area contributed by atoms with Crippen LogP contribution >= 0.6 is 0 Å². The van der Waals surface area contributed by atoms with Crippen molar-refractivity contribution in [3.63, 3.8) is 0 Å². The van der Waals surface area contributed by atoms with Crippen LogP contribution in [0.2, 0.25) is 0 Å². The summed E-state index contributed by atoms with van der Waals surface area (Å²) in [6.07, 6.45) is -1.03. The van der Waals surface area contributed by atoms with Gasteiger partial charge in [0.15, 0.2) is 0 Å². The lowest BCUT2D eigenvalue weighted by atomic mass is 10.5. The molecule has 0 heterocycles. The molecular weight excluding hydrogens is 240 g/mol. The molecule has 0 atom stereocenters. The number of hydrogen-bond acceptors (Lipinski definition) is 5. The quantitative estimate of drug-likeness (QED) is 0.519. The Balaban J connectivity index is 0. The van der Waals surface area contributed by atoms with Crippen molar-refractivity contribution in [1.29, 1.82) is 0 Å². The summed E-state index contributed by atoms with van der Waals surface area (Å²) in [5.74, 6) is 5.52. The monoisotopic (exact) mass is 262 g/mol. The third kappa shape index (κ3) is 14.7. The highest BCUT2D eigenvalue weighted by Crippen LogP contribution is 1.94. The minimum atomic E-state index is -0.833. The fraction of sp³-hybridized carbons (Fsp3) is 0.727. The number of carbonyl (C=O) groups excluding carboxylic acids is 1. The lowest BCUT2D eigenvalue weighted by molar-refractivity contribution is -0.0985. The van der Waals surface area contributed by atoms with Crippen LogP contribution in [-0.2, 0) is 18.9 Å². The Bertz CT molecular complexity index is 248. The zero-order chi connectivity index (χ0) is 14.4. The van der Waals surface area contributed by atoms with E-state index in [9.17, 15) is 0 Å². The topological polar surface area (TPSA) is 106 Å². The van der Waals surface area contributed by atoms with E-state index in [-0.39, 0.29) is 0 Å². The molecule has 0 unspecified atom stereocenters. The highest BCUT2D eigenvalue weighted by molar-refractivity contribution is 5.69. The Morgan fingerprint density at radius 3 is 1.61 bits per heavy atom. The summed E-state index contributed by atoms with van der Waals surface area (Å²) in [5, 5.41) is 0. The third-order valence-electron chi connectivity index (χ3n) is 1.38. The number of nitrogens with two attached hydrogens (primary N) is 2. The summed E-state index contributed by atoms with van der Waals surface area (Å²) in [6.45, 7) is 4.89. The van der Waals surface area contributed by atoms with E-state index in [1.54, 1.807) is 0 Å². The maximum Gasteiger partial charge on any atom is 0.309 e. The van der Waals surface area contributed by atoms with Crippen LogP contribution in [0.4, 0.5) is 4.79 Å². The van der Waals surface area contributed by atoms with E-state index in [0.29, 0.717) is 13.2 Å². The zero-order valence-electron chi connectivity index (χ0n) is 11.3. The number of primary amides is 2. The molecule has 0 spiro atoms. The minimum Gasteiger partial charge on any atom is -0.352 e. The molecule has 0 bridgehead atoms. The molecule has 0 aliphatic heterocycles. The summed E-state index contributed by atoms with van der Waals surface area (Å²) >= 11 is 0. The van der Waals surface area contributed by atoms with Crippen molar-refractivity contribution < 1.29 is 23.7 Å². The number of amides is 2. The van der Waals surface area contributed by atoms with Gasteiger partial charge in [-0.3, -0.25) is 0 Å². The van der Waals surface area contributed by atoms with Gasteiger partial charge >= 0.3 is 6.03 Å². The molecule has 0 aromatic heterocycles. The van der Waals surface area contributed by atoms with Gasteiger partial charge in [-0.05, 0) is 25.7 Å². The normalized spacial score (nSPS) is 9.44. The van der Waals surface area contributed by atoms with Gasteiger partial charge < -0.3 is 30.4 Å². The Morgan fingerprint density at radius 1 is 1.00 bits per heavy atom. The van der Waals surface area contributed by atoms with E-state index >= 15 is 0 Å². The number of methoxy groups -OCH3 is 2.